The van der Waals surface area contributed by atoms with Gasteiger partial charge in [0.2, 0.25) is 0 Å². The van der Waals surface area contributed by atoms with Crippen molar-refractivity contribution in [2.75, 3.05) is 0 Å². The topological polar surface area (TPSA) is 0 Å². The van der Waals surface area contributed by atoms with E-state index in [1.165, 1.54) is 33.4 Å². The maximum Gasteiger partial charge on any atom is 4.00 e. The molecule has 2 aromatic rings. The summed E-state index contributed by atoms with van der Waals surface area (Å²) in [5, 5.41) is 0. The molecule has 2 rings (SSSR count). The van der Waals surface area contributed by atoms with Gasteiger partial charge in [-0.2, -0.15) is 34.4 Å². The quantitative estimate of drug-likeness (QED) is 0.500. The first-order valence-corrected chi connectivity index (χ1v) is 5.81. The van der Waals surface area contributed by atoms with Crippen molar-refractivity contribution < 1.29 is 51.0 Å². The van der Waals surface area contributed by atoms with Gasteiger partial charge in [0.1, 0.15) is 0 Å². The van der Waals surface area contributed by atoms with E-state index in [2.05, 4.69) is 65.8 Å². The number of hydrogen-bond donors (Lipinski definition) is 0. The summed E-state index contributed by atoms with van der Waals surface area (Å²) >= 11 is 0. The molecule has 0 saturated carbocycles. The molecular formula is C16H22Cl2Zr. The van der Waals surface area contributed by atoms with Crippen molar-refractivity contribution in [1.82, 2.24) is 0 Å². The Hall–Kier alpha value is 0.163. The van der Waals surface area contributed by atoms with Gasteiger partial charge < -0.3 is 24.8 Å². The van der Waals surface area contributed by atoms with Gasteiger partial charge in [-0.15, -0.1) is 0 Å². The fourth-order valence-corrected chi connectivity index (χ4v) is 1.90. The van der Waals surface area contributed by atoms with Crippen LogP contribution in [-0.2, 0) is 26.2 Å². The Morgan fingerprint density at radius 2 is 0.947 bits per heavy atom. The maximum atomic E-state index is 2.20. The van der Waals surface area contributed by atoms with Crippen LogP contribution in [0.4, 0.5) is 0 Å². The average molecular weight is 376 g/mol. The van der Waals surface area contributed by atoms with Crippen molar-refractivity contribution in [1.29, 1.82) is 0 Å². The molecule has 0 aliphatic rings. The number of hydrogen-bond acceptors (Lipinski definition) is 0. The van der Waals surface area contributed by atoms with Crippen molar-refractivity contribution in [3.8, 4) is 0 Å². The predicted molar refractivity (Wildman–Crippen MR) is 72.5 cm³/mol. The molecule has 0 aromatic heterocycles. The van der Waals surface area contributed by atoms with E-state index in [1.807, 2.05) is 0 Å². The molecule has 0 amide bonds. The van der Waals surface area contributed by atoms with Gasteiger partial charge in [-0.3, -0.25) is 0 Å². The zero-order valence-corrected chi connectivity index (χ0v) is 16.5. The number of rotatable bonds is 0. The molecule has 0 aliphatic heterocycles. The summed E-state index contributed by atoms with van der Waals surface area (Å²) in [6, 6.07) is 8.81. The maximum absolute atomic E-state index is 2.20. The van der Waals surface area contributed by atoms with Gasteiger partial charge in [-0.25, -0.2) is 23.3 Å². The van der Waals surface area contributed by atoms with Crippen molar-refractivity contribution in [2.45, 2.75) is 41.5 Å². The van der Waals surface area contributed by atoms with Gasteiger partial charge in [0.15, 0.2) is 0 Å². The molecule has 0 radical (unpaired) electrons. The predicted octanol–water partition coefficient (Wildman–Crippen LogP) is -1.33. The minimum absolute atomic E-state index is 0. The Kier molecular flexibility index (Phi) is 13.9. The van der Waals surface area contributed by atoms with E-state index >= 15 is 0 Å². The van der Waals surface area contributed by atoms with Crippen LogP contribution < -0.4 is 24.8 Å². The van der Waals surface area contributed by atoms with E-state index in [1.54, 1.807) is 0 Å². The minimum Gasteiger partial charge on any atom is -1.00 e. The molecule has 0 atom stereocenters. The van der Waals surface area contributed by atoms with Crippen LogP contribution in [0.1, 0.15) is 33.4 Å². The minimum atomic E-state index is 0. The second-order valence-corrected chi connectivity index (χ2v) is 4.80. The summed E-state index contributed by atoms with van der Waals surface area (Å²) in [6.45, 7) is 12.8. The van der Waals surface area contributed by atoms with Crippen LogP contribution in [0.2, 0.25) is 0 Å². The van der Waals surface area contributed by atoms with Crippen LogP contribution >= 0.6 is 0 Å². The average Bonchev–Trinajstić information content (AvgIpc) is 2.58. The first-order valence-electron chi connectivity index (χ1n) is 5.81. The summed E-state index contributed by atoms with van der Waals surface area (Å²) in [5.41, 5.74) is 8.37. The van der Waals surface area contributed by atoms with E-state index < -0.39 is 0 Å². The van der Waals surface area contributed by atoms with Crippen LogP contribution in [-0.4, -0.2) is 0 Å². The van der Waals surface area contributed by atoms with Gasteiger partial charge in [-0.05, 0) is 0 Å². The van der Waals surface area contributed by atoms with Gasteiger partial charge in [0, 0.05) is 0 Å². The zero-order chi connectivity index (χ0) is 12.3. The Morgan fingerprint density at radius 1 is 0.684 bits per heavy atom. The van der Waals surface area contributed by atoms with Gasteiger partial charge >= 0.3 is 26.2 Å². The van der Waals surface area contributed by atoms with E-state index in [-0.39, 0.29) is 51.0 Å². The molecule has 3 heteroatoms. The van der Waals surface area contributed by atoms with E-state index in [9.17, 15) is 0 Å². The van der Waals surface area contributed by atoms with Gasteiger partial charge in [-0.1, -0.05) is 41.5 Å². The van der Waals surface area contributed by atoms with Crippen molar-refractivity contribution >= 4 is 0 Å². The van der Waals surface area contributed by atoms with Gasteiger partial charge in [0.05, 0.1) is 0 Å². The molecule has 0 fully saturated rings. The van der Waals surface area contributed by atoms with Crippen molar-refractivity contribution in [2.24, 2.45) is 0 Å². The van der Waals surface area contributed by atoms with E-state index in [4.69, 9.17) is 0 Å². The van der Waals surface area contributed by atoms with Crippen molar-refractivity contribution in [3.63, 3.8) is 0 Å². The standard InChI is InChI=1S/2C8H11.2ClH.Zr/c2*1-6-4-7(2)8(3)5-6;;;/h2*4-5H,1-3H3;2*1H;/q2*-1;;;+4/p-2. The molecule has 0 nitrogen and oxygen atoms in total. The van der Waals surface area contributed by atoms with Gasteiger partial charge in [0.25, 0.3) is 0 Å². The molecule has 0 N–H and O–H groups in total. The Balaban J connectivity index is -0.000000233. The van der Waals surface area contributed by atoms with Crippen LogP contribution in [0.25, 0.3) is 0 Å². The number of halogens is 2. The molecule has 19 heavy (non-hydrogen) atoms. The van der Waals surface area contributed by atoms with Crippen LogP contribution in [0.3, 0.4) is 0 Å². The Bertz CT molecular complexity index is 384. The molecule has 0 aliphatic carbocycles. The summed E-state index contributed by atoms with van der Waals surface area (Å²) in [4.78, 5) is 0. The smallest absolute Gasteiger partial charge is 1.00 e. The largest absolute Gasteiger partial charge is 4.00 e. The second-order valence-electron chi connectivity index (χ2n) is 4.80. The SMILES string of the molecule is Cc1cc(C)[c-](C)c1.Cc1cc(C)[c-](C)c1.[Cl-].[Cl-].[Zr+4]. The van der Waals surface area contributed by atoms with Crippen molar-refractivity contribution in [3.05, 3.63) is 57.6 Å². The third-order valence-electron chi connectivity index (χ3n) is 3.02. The van der Waals surface area contributed by atoms with Crippen LogP contribution in [0.15, 0.2) is 24.3 Å². The molecule has 0 unspecified atom stereocenters. The normalized spacial score (nSPS) is 8.32. The first kappa shape index (κ1) is 24.2. The third kappa shape index (κ3) is 8.13. The zero-order valence-electron chi connectivity index (χ0n) is 12.6. The summed E-state index contributed by atoms with van der Waals surface area (Å²) in [7, 11) is 0. The Morgan fingerprint density at radius 3 is 1.00 bits per heavy atom. The third-order valence-corrected chi connectivity index (χ3v) is 3.02. The monoisotopic (exact) mass is 374 g/mol. The fraction of sp³-hybridized carbons (Fsp3) is 0.375. The molecule has 0 heterocycles. The van der Waals surface area contributed by atoms with Crippen LogP contribution in [0.5, 0.6) is 0 Å². The molecular weight excluding hydrogens is 354 g/mol. The summed E-state index contributed by atoms with van der Waals surface area (Å²) in [6.07, 6.45) is 0. The van der Waals surface area contributed by atoms with Crippen LogP contribution in [0, 0.1) is 41.5 Å². The second kappa shape index (κ2) is 10.9. The summed E-state index contributed by atoms with van der Waals surface area (Å²) in [5.74, 6) is 0. The molecule has 0 saturated heterocycles. The molecule has 0 spiro atoms. The summed E-state index contributed by atoms with van der Waals surface area (Å²) < 4.78 is 0. The van der Waals surface area contributed by atoms with E-state index in [0.717, 1.165) is 0 Å². The molecule has 2 aromatic carbocycles. The fourth-order valence-electron chi connectivity index (χ4n) is 1.90. The number of aryl methyl sites for hydroxylation is 6. The Labute approximate surface area is 149 Å². The van der Waals surface area contributed by atoms with E-state index in [0.29, 0.717) is 0 Å². The first-order chi connectivity index (χ1) is 7.40. The molecule has 0 bridgehead atoms. The molecule has 104 valence electrons.